The number of hydrogen-bond donors (Lipinski definition) is 10. The number of aliphatic hydroxyl groups is 3. The number of esters is 1. The Labute approximate surface area is 369 Å². The van der Waals surface area contributed by atoms with Crippen molar-refractivity contribution in [1.82, 2.24) is 46.7 Å². The Bertz CT molecular complexity index is 1790. The molecule has 0 aromatic heterocycles. The van der Waals surface area contributed by atoms with Crippen LogP contribution < -0.4 is 21.6 Å². The van der Waals surface area contributed by atoms with Crippen molar-refractivity contribution in [2.24, 2.45) is 11.8 Å². The molecule has 5 saturated heterocycles. The standard InChI is InChI=1S/C39H63N9O16/c1-6-26-22(18-28(51)52)13-14-39(60,64-26)38(5,59)37(58)43-29-31(20(2)3)63-36(57)30(21(4)49)48(62)34(55)25-12-9-16-41-46(25)33(54)24-11-8-15-40-45(24)27(50)19-44(61)32(53)23-10-7-17-42-47(23)35(29)56/h20-26,29-31,40-42,49,59-62H,6-19H2,1-5H3,(H,43,58)(H,51,52). The normalized spacial score (nSPS) is 33.5. The number of hydrazine groups is 3. The van der Waals surface area contributed by atoms with Gasteiger partial charge >= 0.3 is 11.9 Å². The summed E-state index contributed by atoms with van der Waals surface area (Å²) in [6.45, 7) is 5.99. The zero-order valence-corrected chi connectivity index (χ0v) is 36.7. The van der Waals surface area contributed by atoms with E-state index in [1.165, 1.54) is 13.8 Å². The molecule has 0 aliphatic carbocycles. The van der Waals surface area contributed by atoms with Crippen molar-refractivity contribution in [2.75, 3.05) is 26.2 Å². The zero-order chi connectivity index (χ0) is 47.4. The molecule has 0 spiro atoms. The van der Waals surface area contributed by atoms with Gasteiger partial charge in [0.15, 0.2) is 11.6 Å². The summed E-state index contributed by atoms with van der Waals surface area (Å²) in [6, 6.07) is -8.63. The molecule has 11 atom stereocenters. The number of carbonyl (C=O) groups excluding carboxylic acids is 7. The molecule has 5 fully saturated rings. The van der Waals surface area contributed by atoms with Crippen LogP contribution in [0.5, 0.6) is 0 Å². The molecule has 0 aromatic carbocycles. The molecule has 25 nitrogen and oxygen atoms in total. The van der Waals surface area contributed by atoms with Gasteiger partial charge < -0.3 is 35.2 Å². The Morgan fingerprint density at radius 2 is 1.38 bits per heavy atom. The van der Waals surface area contributed by atoms with E-state index in [2.05, 4.69) is 21.6 Å². The van der Waals surface area contributed by atoms with Crippen LogP contribution in [-0.4, -0.2) is 189 Å². The molecule has 5 aliphatic rings. The fourth-order valence-corrected chi connectivity index (χ4v) is 8.93. The van der Waals surface area contributed by atoms with Gasteiger partial charge in [0.2, 0.25) is 5.79 Å². The largest absolute Gasteiger partial charge is 0.481 e. The number of carboxylic acids is 1. The molecule has 6 amide bonds. The minimum atomic E-state index is -2.90. The molecular formula is C39H63N9O16. The number of aliphatic carboxylic acids is 1. The Kier molecular flexibility index (Phi) is 16.3. The van der Waals surface area contributed by atoms with E-state index in [0.29, 0.717) is 12.8 Å². The topological polar surface area (TPSA) is 341 Å². The lowest BCUT2D eigenvalue weighted by molar-refractivity contribution is -0.328. The predicted octanol–water partition coefficient (Wildman–Crippen LogP) is -3.16. The number of hydrogen-bond acceptors (Lipinski definition) is 18. The summed E-state index contributed by atoms with van der Waals surface area (Å²) in [5, 5.41) is 71.4. The van der Waals surface area contributed by atoms with Gasteiger partial charge in [0.1, 0.15) is 36.8 Å². The first-order chi connectivity index (χ1) is 30.1. The fourth-order valence-electron chi connectivity index (χ4n) is 8.93. The number of nitrogens with zero attached hydrogens (tertiary/aromatic N) is 5. The van der Waals surface area contributed by atoms with E-state index in [9.17, 15) is 69.2 Å². The minimum absolute atomic E-state index is 0.00934. The molecule has 11 unspecified atom stereocenters. The maximum Gasteiger partial charge on any atom is 0.334 e. The highest BCUT2D eigenvalue weighted by atomic mass is 16.7. The van der Waals surface area contributed by atoms with Crippen molar-refractivity contribution in [3.8, 4) is 0 Å². The lowest BCUT2D eigenvalue weighted by Crippen LogP contribution is -2.70. The van der Waals surface area contributed by atoms with Gasteiger partial charge in [-0.05, 0) is 77.0 Å². The minimum Gasteiger partial charge on any atom is -0.481 e. The SMILES string of the molecule is CCC1OC(O)(C(C)(O)C(=O)NC2C(=O)N3NCCCC3C(=O)N(O)CC(=O)N3NCCCC3C(=O)N3NCCCC3C(=O)N(O)C(C(C)O)C(=O)OC2C(C)C)CCC1CC(=O)O. The molecule has 360 valence electrons. The van der Waals surface area contributed by atoms with Crippen LogP contribution in [-0.2, 0) is 47.8 Å². The number of carboxylic acid groups (broad SMARTS) is 1. The van der Waals surface area contributed by atoms with Gasteiger partial charge in [-0.15, -0.1) is 0 Å². The monoisotopic (exact) mass is 913 g/mol. The van der Waals surface area contributed by atoms with Crippen molar-refractivity contribution >= 4 is 47.4 Å². The maximum absolute atomic E-state index is 14.9. The maximum atomic E-state index is 14.9. The van der Waals surface area contributed by atoms with Gasteiger partial charge in [0, 0.05) is 26.1 Å². The van der Waals surface area contributed by atoms with Crippen LogP contribution in [0, 0.1) is 11.8 Å². The third kappa shape index (κ3) is 10.4. The van der Waals surface area contributed by atoms with Gasteiger partial charge in [0.25, 0.3) is 35.4 Å². The number of carbonyl (C=O) groups is 8. The number of ether oxygens (including phenoxy) is 2. The van der Waals surface area contributed by atoms with Crippen molar-refractivity contribution in [1.29, 1.82) is 0 Å². The number of aliphatic hydroxyl groups excluding tert-OH is 1. The number of fused-ring (bicyclic) bond motifs is 3. The van der Waals surface area contributed by atoms with E-state index in [-0.39, 0.29) is 74.7 Å². The van der Waals surface area contributed by atoms with Crippen LogP contribution in [0.15, 0.2) is 0 Å². The lowest BCUT2D eigenvalue weighted by Gasteiger charge is -2.47. The van der Waals surface area contributed by atoms with E-state index in [4.69, 9.17) is 9.47 Å². The van der Waals surface area contributed by atoms with E-state index in [1.807, 2.05) is 0 Å². The smallest absolute Gasteiger partial charge is 0.334 e. The van der Waals surface area contributed by atoms with E-state index >= 15 is 0 Å². The third-order valence-electron chi connectivity index (χ3n) is 12.6. The van der Waals surface area contributed by atoms with Crippen molar-refractivity contribution in [3.63, 3.8) is 0 Å². The number of rotatable bonds is 8. The molecule has 0 saturated carbocycles. The summed E-state index contributed by atoms with van der Waals surface area (Å²) in [5.74, 6) is -13.6. The van der Waals surface area contributed by atoms with E-state index in [0.717, 1.165) is 28.9 Å². The van der Waals surface area contributed by atoms with Crippen molar-refractivity contribution in [3.05, 3.63) is 0 Å². The summed E-state index contributed by atoms with van der Waals surface area (Å²) in [6.07, 6.45) is -4.25. The number of cyclic esters (lactones) is 1. The van der Waals surface area contributed by atoms with Gasteiger partial charge in [-0.25, -0.2) is 31.2 Å². The molecular weight excluding hydrogens is 850 g/mol. The second kappa shape index (κ2) is 20.7. The van der Waals surface area contributed by atoms with Gasteiger partial charge in [-0.3, -0.25) is 59.0 Å². The quantitative estimate of drug-likeness (QED) is 0.0849. The van der Waals surface area contributed by atoms with Crippen molar-refractivity contribution < 1.29 is 78.7 Å². The van der Waals surface area contributed by atoms with E-state index < -0.39 is 132 Å². The number of nitrogens with one attached hydrogen (secondary N) is 4. The van der Waals surface area contributed by atoms with Crippen LogP contribution in [0.2, 0.25) is 0 Å². The third-order valence-corrected chi connectivity index (χ3v) is 12.6. The van der Waals surface area contributed by atoms with Crippen LogP contribution >= 0.6 is 0 Å². The summed E-state index contributed by atoms with van der Waals surface area (Å²) in [5.41, 5.74) is 5.46. The summed E-state index contributed by atoms with van der Waals surface area (Å²) in [4.78, 5) is 111. The van der Waals surface area contributed by atoms with Crippen LogP contribution in [0.25, 0.3) is 0 Å². The average molecular weight is 914 g/mol. The van der Waals surface area contributed by atoms with E-state index in [1.54, 1.807) is 6.92 Å². The number of amides is 6. The van der Waals surface area contributed by atoms with Gasteiger partial charge in [-0.1, -0.05) is 20.8 Å². The van der Waals surface area contributed by atoms with Crippen LogP contribution in [0.3, 0.4) is 0 Å². The Balaban J connectivity index is 1.59. The van der Waals surface area contributed by atoms with Gasteiger partial charge in [0.05, 0.1) is 18.6 Å². The Morgan fingerprint density at radius 1 is 0.844 bits per heavy atom. The molecule has 0 radical (unpaired) electrons. The van der Waals surface area contributed by atoms with Gasteiger partial charge in [-0.2, -0.15) is 0 Å². The molecule has 5 rings (SSSR count). The van der Waals surface area contributed by atoms with Crippen molar-refractivity contribution in [2.45, 2.75) is 159 Å². The van der Waals surface area contributed by atoms with Crippen LogP contribution in [0.4, 0.5) is 0 Å². The van der Waals surface area contributed by atoms with Crippen LogP contribution in [0.1, 0.15) is 98.8 Å². The molecule has 0 aromatic rings. The average Bonchev–Trinajstić information content (AvgIpc) is 3.26. The second-order valence-electron chi connectivity index (χ2n) is 17.6. The highest BCUT2D eigenvalue weighted by Gasteiger charge is 2.58. The summed E-state index contributed by atoms with van der Waals surface area (Å²) < 4.78 is 11.6. The molecule has 5 heterocycles. The highest BCUT2D eigenvalue weighted by Crippen LogP contribution is 2.40. The molecule has 10 N–H and O–H groups in total. The summed E-state index contributed by atoms with van der Waals surface area (Å²) >= 11 is 0. The zero-order valence-electron chi connectivity index (χ0n) is 36.7. The first-order valence-electron chi connectivity index (χ1n) is 21.8. The molecule has 5 aliphatic heterocycles. The summed E-state index contributed by atoms with van der Waals surface area (Å²) in [7, 11) is 0. The Hall–Kier alpha value is -4.60. The Morgan fingerprint density at radius 3 is 1.91 bits per heavy atom. The molecule has 64 heavy (non-hydrogen) atoms. The highest BCUT2D eigenvalue weighted by molar-refractivity contribution is 5.97. The lowest BCUT2D eigenvalue weighted by atomic mass is 9.80. The fraction of sp³-hybridized carbons (Fsp3) is 0.795. The predicted molar refractivity (Wildman–Crippen MR) is 214 cm³/mol. The second-order valence-corrected chi connectivity index (χ2v) is 17.6. The molecule has 25 heteroatoms. The molecule has 0 bridgehead atoms. The first-order valence-corrected chi connectivity index (χ1v) is 21.8. The number of hydroxylamine groups is 4. The first kappa shape index (κ1) is 50.4.